The highest BCUT2D eigenvalue weighted by molar-refractivity contribution is 5.75. The number of hydrogen-bond acceptors (Lipinski definition) is 2. The van der Waals surface area contributed by atoms with E-state index in [1.807, 2.05) is 0 Å². The minimum Gasteiger partial charge on any atom is -0.355 e. The van der Waals surface area contributed by atoms with E-state index in [1.54, 1.807) is 0 Å². The van der Waals surface area contributed by atoms with Crippen LogP contribution in [-0.2, 0) is 4.79 Å². The van der Waals surface area contributed by atoms with Crippen LogP contribution < -0.4 is 11.1 Å². The van der Waals surface area contributed by atoms with E-state index >= 15 is 0 Å². The molecule has 0 aliphatic heterocycles. The van der Waals surface area contributed by atoms with Gasteiger partial charge in [-0.3, -0.25) is 4.79 Å². The SMILES string of the molecule is CC/C=C\CC=CCC=CC/C=C\C/C=C\CCCC(=O)NCCN. The summed E-state index contributed by atoms with van der Waals surface area (Å²) in [6.45, 7) is 3.22. The van der Waals surface area contributed by atoms with Crippen LogP contribution in [0.15, 0.2) is 60.8 Å². The van der Waals surface area contributed by atoms with Crippen LogP contribution in [0.4, 0.5) is 0 Å². The molecule has 0 aliphatic carbocycles. The predicted molar refractivity (Wildman–Crippen MR) is 110 cm³/mol. The molecule has 0 aromatic carbocycles. The number of nitrogens with two attached hydrogens (primary N) is 1. The van der Waals surface area contributed by atoms with E-state index in [4.69, 9.17) is 5.73 Å². The number of amides is 1. The first-order chi connectivity index (χ1) is 12.3. The number of nitrogens with one attached hydrogen (secondary N) is 1. The lowest BCUT2D eigenvalue weighted by Crippen LogP contribution is -2.28. The third-order valence-electron chi connectivity index (χ3n) is 3.40. The van der Waals surface area contributed by atoms with Gasteiger partial charge in [-0.25, -0.2) is 0 Å². The molecule has 0 heterocycles. The van der Waals surface area contributed by atoms with Crippen LogP contribution in [0.3, 0.4) is 0 Å². The van der Waals surface area contributed by atoms with Crippen LogP contribution in [0.1, 0.15) is 58.3 Å². The van der Waals surface area contributed by atoms with Gasteiger partial charge < -0.3 is 11.1 Å². The van der Waals surface area contributed by atoms with Gasteiger partial charge in [0.05, 0.1) is 0 Å². The summed E-state index contributed by atoms with van der Waals surface area (Å²) in [6.07, 6.45) is 29.4. The Bertz CT molecular complexity index is 445. The van der Waals surface area contributed by atoms with Crippen molar-refractivity contribution >= 4 is 5.91 Å². The fourth-order valence-corrected chi connectivity index (χ4v) is 2.05. The van der Waals surface area contributed by atoms with Crippen molar-refractivity contribution in [2.24, 2.45) is 5.73 Å². The van der Waals surface area contributed by atoms with Gasteiger partial charge in [-0.1, -0.05) is 67.7 Å². The number of carbonyl (C=O) groups excluding carboxylic acids is 1. The second kappa shape index (κ2) is 20.2. The summed E-state index contributed by atoms with van der Waals surface area (Å²) in [7, 11) is 0. The largest absolute Gasteiger partial charge is 0.355 e. The van der Waals surface area contributed by atoms with Gasteiger partial charge in [0.15, 0.2) is 0 Å². The maximum Gasteiger partial charge on any atom is 0.220 e. The topological polar surface area (TPSA) is 55.1 Å². The first-order valence-corrected chi connectivity index (χ1v) is 9.53. The Kier molecular flexibility index (Phi) is 18.7. The molecule has 0 unspecified atom stereocenters. The zero-order valence-corrected chi connectivity index (χ0v) is 15.8. The molecule has 0 saturated carbocycles. The van der Waals surface area contributed by atoms with Crippen molar-refractivity contribution in [2.75, 3.05) is 13.1 Å². The Balaban J connectivity index is 3.49. The molecule has 3 nitrogen and oxygen atoms in total. The van der Waals surface area contributed by atoms with Crippen LogP contribution in [0.5, 0.6) is 0 Å². The molecule has 0 atom stereocenters. The third-order valence-corrected chi connectivity index (χ3v) is 3.40. The fraction of sp³-hybridized carbons (Fsp3) is 0.500. The van der Waals surface area contributed by atoms with Crippen molar-refractivity contribution < 1.29 is 4.79 Å². The molecular weight excluding hydrogens is 308 g/mol. The Hall–Kier alpha value is -1.87. The summed E-state index contributed by atoms with van der Waals surface area (Å²) in [5.74, 6) is 0.0952. The van der Waals surface area contributed by atoms with Crippen LogP contribution >= 0.6 is 0 Å². The quantitative estimate of drug-likeness (QED) is 0.325. The zero-order valence-electron chi connectivity index (χ0n) is 15.8. The average molecular weight is 345 g/mol. The summed E-state index contributed by atoms with van der Waals surface area (Å²) in [5, 5.41) is 2.77. The lowest BCUT2D eigenvalue weighted by atomic mass is 10.2. The van der Waals surface area contributed by atoms with Crippen molar-refractivity contribution in [1.82, 2.24) is 5.32 Å². The highest BCUT2D eigenvalue weighted by Crippen LogP contribution is 1.99. The Morgan fingerprint density at radius 1 is 0.800 bits per heavy atom. The normalized spacial score (nSPS) is 12.6. The molecule has 3 N–H and O–H groups in total. The Morgan fingerprint density at radius 3 is 1.76 bits per heavy atom. The summed E-state index contributed by atoms with van der Waals surface area (Å²) >= 11 is 0. The van der Waals surface area contributed by atoms with Crippen molar-refractivity contribution in [2.45, 2.75) is 58.3 Å². The van der Waals surface area contributed by atoms with E-state index in [1.165, 1.54) is 0 Å². The molecule has 0 radical (unpaired) electrons. The molecule has 0 fully saturated rings. The highest BCUT2D eigenvalue weighted by Gasteiger charge is 1.97. The van der Waals surface area contributed by atoms with Gasteiger partial charge in [0.1, 0.15) is 0 Å². The second-order valence-electron chi connectivity index (χ2n) is 5.74. The molecule has 1 amide bonds. The maximum absolute atomic E-state index is 11.3. The minimum absolute atomic E-state index is 0.0952. The van der Waals surface area contributed by atoms with Crippen LogP contribution in [0, 0.1) is 0 Å². The third kappa shape index (κ3) is 20.1. The molecule has 0 aromatic rings. The number of hydrogen-bond donors (Lipinski definition) is 2. The van der Waals surface area contributed by atoms with E-state index in [0.717, 1.165) is 44.9 Å². The molecule has 0 bridgehead atoms. The lowest BCUT2D eigenvalue weighted by Gasteiger charge is -2.01. The molecule has 25 heavy (non-hydrogen) atoms. The summed E-state index contributed by atoms with van der Waals surface area (Å²) in [4.78, 5) is 11.3. The molecule has 0 aromatic heterocycles. The fourth-order valence-electron chi connectivity index (χ4n) is 2.05. The first-order valence-electron chi connectivity index (χ1n) is 9.53. The van der Waals surface area contributed by atoms with Crippen LogP contribution in [-0.4, -0.2) is 19.0 Å². The van der Waals surface area contributed by atoms with Gasteiger partial charge >= 0.3 is 0 Å². The van der Waals surface area contributed by atoms with Crippen molar-refractivity contribution in [3.8, 4) is 0 Å². The molecular formula is C22H36N2O. The molecule has 140 valence electrons. The number of carbonyl (C=O) groups is 1. The average Bonchev–Trinajstić information content (AvgIpc) is 2.62. The number of allylic oxidation sites excluding steroid dienone is 10. The Morgan fingerprint density at radius 2 is 1.28 bits per heavy atom. The summed E-state index contributed by atoms with van der Waals surface area (Å²) < 4.78 is 0. The highest BCUT2D eigenvalue weighted by atomic mass is 16.1. The minimum atomic E-state index is 0.0952. The number of rotatable bonds is 15. The van der Waals surface area contributed by atoms with Gasteiger partial charge in [-0.05, 0) is 44.9 Å². The smallest absolute Gasteiger partial charge is 0.220 e. The van der Waals surface area contributed by atoms with Gasteiger partial charge in [0.2, 0.25) is 5.91 Å². The molecule has 0 saturated heterocycles. The van der Waals surface area contributed by atoms with Crippen molar-refractivity contribution in [3.63, 3.8) is 0 Å². The Labute approximate surface area is 154 Å². The predicted octanol–water partition coefficient (Wildman–Crippen LogP) is 4.98. The van der Waals surface area contributed by atoms with E-state index in [0.29, 0.717) is 19.5 Å². The summed E-state index contributed by atoms with van der Waals surface area (Å²) in [5.41, 5.74) is 5.33. The van der Waals surface area contributed by atoms with Crippen molar-refractivity contribution in [1.29, 1.82) is 0 Å². The van der Waals surface area contributed by atoms with Gasteiger partial charge in [0, 0.05) is 19.5 Å². The van der Waals surface area contributed by atoms with Gasteiger partial charge in [-0.2, -0.15) is 0 Å². The van der Waals surface area contributed by atoms with Crippen molar-refractivity contribution in [3.05, 3.63) is 60.8 Å². The van der Waals surface area contributed by atoms with Gasteiger partial charge in [-0.15, -0.1) is 0 Å². The first kappa shape index (κ1) is 23.1. The summed E-state index contributed by atoms with van der Waals surface area (Å²) in [6, 6.07) is 0. The van der Waals surface area contributed by atoms with Crippen LogP contribution in [0.2, 0.25) is 0 Å². The van der Waals surface area contributed by atoms with E-state index < -0.39 is 0 Å². The van der Waals surface area contributed by atoms with E-state index in [-0.39, 0.29) is 5.91 Å². The standard InChI is InChI=1S/C22H36N2O/c1-2-3-4-5-6-7-8-9-10-11-12-13-14-15-16-17-18-19-22(25)24-21-20-23/h3-4,6-7,9-10,12-13,15-16H,2,5,8,11,14,17-21,23H2,1H3,(H,24,25)/b4-3-,7-6?,10-9?,13-12-,16-15-. The molecule has 0 spiro atoms. The molecule has 0 aliphatic rings. The second-order valence-corrected chi connectivity index (χ2v) is 5.74. The number of unbranched alkanes of at least 4 members (excludes halogenated alkanes) is 1. The zero-order chi connectivity index (χ0) is 18.4. The van der Waals surface area contributed by atoms with E-state index in [9.17, 15) is 4.79 Å². The molecule has 3 heteroatoms. The molecule has 0 rings (SSSR count). The lowest BCUT2D eigenvalue weighted by molar-refractivity contribution is -0.121. The van der Waals surface area contributed by atoms with Crippen LogP contribution in [0.25, 0.3) is 0 Å². The maximum atomic E-state index is 11.3. The van der Waals surface area contributed by atoms with E-state index in [2.05, 4.69) is 73.0 Å². The monoisotopic (exact) mass is 344 g/mol. The van der Waals surface area contributed by atoms with Gasteiger partial charge in [0.25, 0.3) is 0 Å².